The van der Waals surface area contributed by atoms with Crippen molar-refractivity contribution < 1.29 is 8.76 Å². The van der Waals surface area contributed by atoms with Gasteiger partial charge in [0.15, 0.2) is 8.77 Å². The molecule has 3 nitrogen and oxygen atoms in total. The molecule has 0 spiro atoms. The first-order valence-electron chi connectivity index (χ1n) is 4.05. The largest absolute Gasteiger partial charge is 0.301 e. The molecule has 2 rings (SSSR count). The van der Waals surface area contributed by atoms with Gasteiger partial charge in [0.1, 0.15) is 4.21 Å². The standard InChI is InChI=1S/C9H7NO2S3/c11-15(12,13)9-2-1-8(14-9)7-3-5-10-6-4-7/h1-6H,(H,11,12,13). The highest BCUT2D eigenvalue weighted by Gasteiger charge is 2.09. The molecule has 2 aromatic heterocycles. The van der Waals surface area contributed by atoms with Crippen LogP contribution >= 0.6 is 11.3 Å². The van der Waals surface area contributed by atoms with E-state index in [2.05, 4.69) is 16.2 Å². The Morgan fingerprint density at radius 3 is 2.47 bits per heavy atom. The van der Waals surface area contributed by atoms with Gasteiger partial charge in [-0.1, -0.05) is 0 Å². The van der Waals surface area contributed by atoms with E-state index in [0.717, 1.165) is 10.4 Å². The van der Waals surface area contributed by atoms with Crippen LogP contribution in [-0.4, -0.2) is 13.7 Å². The summed E-state index contributed by atoms with van der Waals surface area (Å²) in [5.74, 6) is 0. The van der Waals surface area contributed by atoms with Crippen molar-refractivity contribution in [3.8, 4) is 10.4 Å². The second kappa shape index (κ2) is 3.97. The fourth-order valence-corrected chi connectivity index (χ4v) is 3.28. The Kier molecular flexibility index (Phi) is 2.83. The molecule has 0 saturated heterocycles. The van der Waals surface area contributed by atoms with Crippen molar-refractivity contribution in [1.29, 1.82) is 0 Å². The van der Waals surface area contributed by atoms with E-state index in [1.165, 1.54) is 11.3 Å². The number of rotatable bonds is 2. The second-order valence-corrected chi connectivity index (χ2v) is 6.92. The summed E-state index contributed by atoms with van der Waals surface area (Å²) in [5, 5.41) is 0. The van der Waals surface area contributed by atoms with Gasteiger partial charge in [-0.15, -0.1) is 11.3 Å². The maximum Gasteiger partial charge on any atom is 0.180 e. The average Bonchev–Trinajstić information content (AvgIpc) is 2.67. The maximum absolute atomic E-state index is 11.2. The fourth-order valence-electron chi connectivity index (χ4n) is 1.13. The van der Waals surface area contributed by atoms with Crippen LogP contribution in [0.5, 0.6) is 0 Å². The second-order valence-electron chi connectivity index (χ2n) is 2.83. The van der Waals surface area contributed by atoms with Crippen LogP contribution in [0, 0.1) is 0 Å². The highest BCUT2D eigenvalue weighted by Crippen LogP contribution is 2.30. The van der Waals surface area contributed by atoms with Gasteiger partial charge in [0.25, 0.3) is 0 Å². The van der Waals surface area contributed by atoms with Gasteiger partial charge in [0.2, 0.25) is 0 Å². The molecule has 78 valence electrons. The van der Waals surface area contributed by atoms with Gasteiger partial charge in [0.05, 0.1) is 0 Å². The Morgan fingerprint density at radius 2 is 1.93 bits per heavy atom. The molecule has 0 fully saturated rings. The molecule has 15 heavy (non-hydrogen) atoms. The van der Waals surface area contributed by atoms with Crippen molar-refractivity contribution in [2.24, 2.45) is 0 Å². The van der Waals surface area contributed by atoms with Crippen LogP contribution in [-0.2, 0) is 20.0 Å². The van der Waals surface area contributed by atoms with Gasteiger partial charge < -0.3 is 4.55 Å². The molecule has 0 aliphatic rings. The summed E-state index contributed by atoms with van der Waals surface area (Å²) in [6, 6.07) is 7.07. The third kappa shape index (κ3) is 2.40. The van der Waals surface area contributed by atoms with Gasteiger partial charge in [-0.25, -0.2) is 4.21 Å². The molecule has 0 aromatic carbocycles. The normalized spacial score (nSPS) is 14.7. The summed E-state index contributed by atoms with van der Waals surface area (Å²) >= 11 is 5.73. The van der Waals surface area contributed by atoms with Crippen molar-refractivity contribution in [3.05, 3.63) is 36.7 Å². The van der Waals surface area contributed by atoms with Crippen LogP contribution in [0.25, 0.3) is 10.4 Å². The van der Waals surface area contributed by atoms with E-state index < -0.39 is 8.77 Å². The minimum Gasteiger partial charge on any atom is -0.301 e. The highest BCUT2D eigenvalue weighted by atomic mass is 32.8. The smallest absolute Gasteiger partial charge is 0.180 e. The zero-order valence-electron chi connectivity index (χ0n) is 7.49. The summed E-state index contributed by atoms with van der Waals surface area (Å²) in [7, 11) is -3.25. The van der Waals surface area contributed by atoms with Gasteiger partial charge in [-0.3, -0.25) is 4.98 Å². The van der Waals surface area contributed by atoms with Crippen LogP contribution in [0.2, 0.25) is 0 Å². The topological polar surface area (TPSA) is 50.2 Å². The number of hydrogen-bond donors (Lipinski definition) is 1. The first kappa shape index (κ1) is 10.7. The van der Waals surface area contributed by atoms with Crippen molar-refractivity contribution in [2.75, 3.05) is 0 Å². The number of aromatic nitrogens is 1. The molecule has 1 N–H and O–H groups in total. The van der Waals surface area contributed by atoms with Crippen molar-refractivity contribution >= 4 is 31.3 Å². The fraction of sp³-hybridized carbons (Fsp3) is 0. The Hall–Kier alpha value is -0.820. The minimum absolute atomic E-state index is 0.323. The molecule has 0 aliphatic carbocycles. The van der Waals surface area contributed by atoms with E-state index in [1.807, 2.05) is 12.1 Å². The summed E-state index contributed by atoms with van der Waals surface area (Å²) in [5.41, 5.74) is 0.972. The SMILES string of the molecule is O=S(O)(=S)c1ccc(-c2ccncc2)s1. The molecule has 6 heteroatoms. The van der Waals surface area contributed by atoms with E-state index in [4.69, 9.17) is 0 Å². The average molecular weight is 257 g/mol. The van der Waals surface area contributed by atoms with Gasteiger partial charge in [0, 0.05) is 28.5 Å². The summed E-state index contributed by atoms with van der Waals surface area (Å²) in [4.78, 5) is 4.82. The summed E-state index contributed by atoms with van der Waals surface area (Å²) < 4.78 is 20.7. The van der Waals surface area contributed by atoms with Gasteiger partial charge in [-0.2, -0.15) is 0 Å². The van der Waals surface area contributed by atoms with Crippen LogP contribution in [0.1, 0.15) is 0 Å². The summed E-state index contributed by atoms with van der Waals surface area (Å²) in [6.45, 7) is 0. The highest BCUT2D eigenvalue weighted by molar-refractivity contribution is 8.30. The third-order valence-electron chi connectivity index (χ3n) is 1.80. The number of hydrogen-bond acceptors (Lipinski definition) is 4. The molecule has 2 heterocycles. The molecule has 0 saturated carbocycles. The van der Waals surface area contributed by atoms with E-state index in [0.29, 0.717) is 4.21 Å². The Bertz CT molecular complexity index is 560. The monoisotopic (exact) mass is 257 g/mol. The summed E-state index contributed by atoms with van der Waals surface area (Å²) in [6.07, 6.45) is 3.36. The zero-order valence-corrected chi connectivity index (χ0v) is 9.94. The Morgan fingerprint density at radius 1 is 1.27 bits per heavy atom. The van der Waals surface area contributed by atoms with Crippen molar-refractivity contribution in [3.63, 3.8) is 0 Å². The van der Waals surface area contributed by atoms with Crippen LogP contribution in [0.4, 0.5) is 0 Å². The van der Waals surface area contributed by atoms with E-state index in [9.17, 15) is 8.76 Å². The lowest BCUT2D eigenvalue weighted by molar-refractivity contribution is 0.564. The van der Waals surface area contributed by atoms with Gasteiger partial charge >= 0.3 is 0 Å². The minimum atomic E-state index is -3.25. The Balaban J connectivity index is 2.46. The predicted octanol–water partition coefficient (Wildman–Crippen LogP) is 2.39. The predicted molar refractivity (Wildman–Crippen MR) is 64.0 cm³/mol. The number of nitrogens with zero attached hydrogens (tertiary/aromatic N) is 1. The molecular formula is C9H7NO2S3. The molecule has 2 aromatic rings. The van der Waals surface area contributed by atoms with Crippen molar-refractivity contribution in [2.45, 2.75) is 4.21 Å². The molecule has 0 radical (unpaired) electrons. The zero-order chi connectivity index (χ0) is 10.9. The molecule has 1 unspecified atom stereocenters. The number of thiophene rings is 1. The van der Waals surface area contributed by atoms with E-state index >= 15 is 0 Å². The van der Waals surface area contributed by atoms with Crippen LogP contribution < -0.4 is 0 Å². The molecule has 0 bridgehead atoms. The first-order valence-corrected chi connectivity index (χ1v) is 7.31. The molecule has 0 aliphatic heterocycles. The molecule has 0 amide bonds. The maximum atomic E-state index is 11.2. The van der Waals surface area contributed by atoms with Gasteiger partial charge in [-0.05, 0) is 29.8 Å². The lowest BCUT2D eigenvalue weighted by atomic mass is 10.2. The lowest BCUT2D eigenvalue weighted by Crippen LogP contribution is -1.90. The molecular weight excluding hydrogens is 250 g/mol. The van der Waals surface area contributed by atoms with E-state index in [-0.39, 0.29) is 0 Å². The van der Waals surface area contributed by atoms with Crippen LogP contribution in [0.15, 0.2) is 40.9 Å². The van der Waals surface area contributed by atoms with Crippen molar-refractivity contribution in [1.82, 2.24) is 4.98 Å². The third-order valence-corrected chi connectivity index (χ3v) is 5.16. The first-order chi connectivity index (χ1) is 7.07. The Labute approximate surface area is 96.3 Å². The van der Waals surface area contributed by atoms with Crippen LogP contribution in [0.3, 0.4) is 0 Å². The lowest BCUT2D eigenvalue weighted by Gasteiger charge is -1.94. The quantitative estimate of drug-likeness (QED) is 0.897. The molecule has 1 atom stereocenters. The number of pyridine rings is 1. The van der Waals surface area contributed by atoms with E-state index in [1.54, 1.807) is 24.5 Å².